The molecule has 2 aliphatic rings. The highest BCUT2D eigenvalue weighted by Gasteiger charge is 2.31. The summed E-state index contributed by atoms with van der Waals surface area (Å²) >= 11 is 0. The average Bonchev–Trinajstić information content (AvgIpc) is 3.21. The Hall–Kier alpha value is -1.84. The first kappa shape index (κ1) is 11.3. The van der Waals surface area contributed by atoms with Crippen molar-refractivity contribution in [2.75, 3.05) is 18.6 Å². The molecule has 1 saturated carbocycles. The number of fused-ring (bicyclic) bond motifs is 1. The quantitative estimate of drug-likeness (QED) is 0.749. The van der Waals surface area contributed by atoms with Crippen molar-refractivity contribution in [1.82, 2.24) is 0 Å². The van der Waals surface area contributed by atoms with Crippen LogP contribution in [0.1, 0.15) is 29.6 Å². The molecule has 3 rings (SSSR count). The van der Waals surface area contributed by atoms with Crippen LogP contribution in [0.4, 0.5) is 5.69 Å². The summed E-state index contributed by atoms with van der Waals surface area (Å²) in [6.45, 7) is 0.395. The molecule has 1 aliphatic heterocycles. The maximum atomic E-state index is 12.0. The molecule has 18 heavy (non-hydrogen) atoms. The monoisotopic (exact) mass is 245 g/mol. The lowest BCUT2D eigenvalue weighted by atomic mass is 10.1. The summed E-state index contributed by atoms with van der Waals surface area (Å²) in [5.74, 6) is 1.07. The lowest BCUT2D eigenvalue weighted by Crippen LogP contribution is -2.25. The van der Waals surface area contributed by atoms with Gasteiger partial charge in [0.15, 0.2) is 5.78 Å². The molecule has 4 nitrogen and oxygen atoms in total. The summed E-state index contributed by atoms with van der Waals surface area (Å²) in [5, 5.41) is 0. The minimum absolute atomic E-state index is 0.0183. The molecule has 4 heteroatoms. The predicted molar refractivity (Wildman–Crippen MR) is 67.0 cm³/mol. The minimum atomic E-state index is 0.0183. The molecule has 1 amide bonds. The fraction of sp³-hybridized carbons (Fsp3) is 0.429. The van der Waals surface area contributed by atoms with Gasteiger partial charge in [-0.2, -0.15) is 0 Å². The van der Waals surface area contributed by atoms with Gasteiger partial charge in [-0.3, -0.25) is 9.59 Å². The SMILES string of the molecule is CN1C(=O)CCOc2ccc(C(=O)C3CC3)cc21. The summed E-state index contributed by atoms with van der Waals surface area (Å²) < 4.78 is 5.53. The number of ketones is 1. The van der Waals surface area contributed by atoms with Gasteiger partial charge in [-0.05, 0) is 31.0 Å². The molecule has 1 aromatic carbocycles. The Bertz CT molecular complexity index is 520. The molecule has 1 fully saturated rings. The number of rotatable bonds is 2. The molecule has 0 unspecified atom stereocenters. The van der Waals surface area contributed by atoms with E-state index in [4.69, 9.17) is 4.74 Å². The Morgan fingerprint density at radius 3 is 2.89 bits per heavy atom. The fourth-order valence-electron chi connectivity index (χ4n) is 2.19. The third-order valence-electron chi connectivity index (χ3n) is 3.50. The van der Waals surface area contributed by atoms with Crippen molar-refractivity contribution in [3.8, 4) is 5.75 Å². The lowest BCUT2D eigenvalue weighted by molar-refractivity contribution is -0.118. The summed E-state index contributed by atoms with van der Waals surface area (Å²) in [6.07, 6.45) is 2.35. The minimum Gasteiger partial charge on any atom is -0.491 e. The zero-order chi connectivity index (χ0) is 12.7. The molecule has 0 aromatic heterocycles. The van der Waals surface area contributed by atoms with Gasteiger partial charge in [0.25, 0.3) is 0 Å². The van der Waals surface area contributed by atoms with E-state index in [0.29, 0.717) is 30.0 Å². The van der Waals surface area contributed by atoms with E-state index in [9.17, 15) is 9.59 Å². The number of Topliss-reactive ketones (excluding diaryl/α,β-unsaturated/α-hetero) is 1. The predicted octanol–water partition coefficient (Wildman–Crippen LogP) is 2.02. The van der Waals surface area contributed by atoms with E-state index >= 15 is 0 Å². The number of carbonyl (C=O) groups is 2. The topological polar surface area (TPSA) is 46.6 Å². The van der Waals surface area contributed by atoms with Crippen molar-refractivity contribution in [1.29, 1.82) is 0 Å². The molecule has 0 N–H and O–H groups in total. The molecule has 0 radical (unpaired) electrons. The van der Waals surface area contributed by atoms with Gasteiger partial charge in [0.05, 0.1) is 18.7 Å². The molecule has 94 valence electrons. The summed E-state index contributed by atoms with van der Waals surface area (Å²) in [6, 6.07) is 5.36. The van der Waals surface area contributed by atoms with Crippen molar-refractivity contribution in [3.05, 3.63) is 23.8 Å². The number of nitrogens with zero attached hydrogens (tertiary/aromatic N) is 1. The highest BCUT2D eigenvalue weighted by atomic mass is 16.5. The fourth-order valence-corrected chi connectivity index (χ4v) is 2.19. The summed E-state index contributed by atoms with van der Waals surface area (Å²) in [5.41, 5.74) is 1.38. The highest BCUT2D eigenvalue weighted by molar-refractivity contribution is 6.02. The van der Waals surface area contributed by atoms with Gasteiger partial charge in [0.1, 0.15) is 5.75 Å². The molecular formula is C14H15NO3. The number of hydrogen-bond donors (Lipinski definition) is 0. The lowest BCUT2D eigenvalue weighted by Gasteiger charge is -2.17. The van der Waals surface area contributed by atoms with Crippen LogP contribution in [0, 0.1) is 5.92 Å². The Morgan fingerprint density at radius 1 is 1.39 bits per heavy atom. The second kappa shape index (κ2) is 4.12. The van der Waals surface area contributed by atoms with Crippen LogP contribution in [0.2, 0.25) is 0 Å². The van der Waals surface area contributed by atoms with Gasteiger partial charge in [-0.15, -0.1) is 0 Å². The summed E-state index contributed by atoms with van der Waals surface area (Å²) in [4.78, 5) is 25.4. The van der Waals surface area contributed by atoms with Crippen LogP contribution < -0.4 is 9.64 Å². The second-order valence-corrected chi connectivity index (χ2v) is 4.87. The normalized spacial score (nSPS) is 18.9. The molecule has 1 heterocycles. The Kier molecular flexibility index (Phi) is 2.58. The number of hydrogen-bond acceptors (Lipinski definition) is 3. The first-order chi connectivity index (χ1) is 8.66. The molecule has 0 spiro atoms. The standard InChI is InChI=1S/C14H15NO3/c1-15-11-8-10(14(17)9-2-3-9)4-5-12(11)18-7-6-13(15)16/h4-5,8-9H,2-3,6-7H2,1H3. The smallest absolute Gasteiger partial charge is 0.230 e. The largest absolute Gasteiger partial charge is 0.491 e. The van der Waals surface area contributed by atoms with Crippen molar-refractivity contribution in [2.45, 2.75) is 19.3 Å². The van der Waals surface area contributed by atoms with Crippen molar-refractivity contribution >= 4 is 17.4 Å². The van der Waals surface area contributed by atoms with Crippen molar-refractivity contribution in [2.24, 2.45) is 5.92 Å². The van der Waals surface area contributed by atoms with Crippen molar-refractivity contribution in [3.63, 3.8) is 0 Å². The van der Waals surface area contributed by atoms with Crippen LogP contribution in [0.15, 0.2) is 18.2 Å². The molecular weight excluding hydrogens is 230 g/mol. The number of anilines is 1. The number of benzene rings is 1. The molecule has 0 atom stereocenters. The van der Waals surface area contributed by atoms with E-state index < -0.39 is 0 Å². The zero-order valence-electron chi connectivity index (χ0n) is 10.3. The van der Waals surface area contributed by atoms with E-state index in [0.717, 1.165) is 12.8 Å². The average molecular weight is 245 g/mol. The maximum absolute atomic E-state index is 12.0. The van der Waals surface area contributed by atoms with E-state index in [1.807, 2.05) is 0 Å². The van der Waals surface area contributed by atoms with Gasteiger partial charge in [0.2, 0.25) is 5.91 Å². The Morgan fingerprint density at radius 2 is 2.17 bits per heavy atom. The van der Waals surface area contributed by atoms with E-state index in [1.54, 1.807) is 30.1 Å². The van der Waals surface area contributed by atoms with Gasteiger partial charge < -0.3 is 9.64 Å². The maximum Gasteiger partial charge on any atom is 0.230 e. The second-order valence-electron chi connectivity index (χ2n) is 4.87. The third kappa shape index (κ3) is 1.88. The van der Waals surface area contributed by atoms with Crippen molar-refractivity contribution < 1.29 is 14.3 Å². The summed E-state index contributed by atoms with van der Waals surface area (Å²) in [7, 11) is 1.72. The number of ether oxygens (including phenoxy) is 1. The first-order valence-corrected chi connectivity index (χ1v) is 6.24. The van der Waals surface area contributed by atoms with Gasteiger partial charge in [0, 0.05) is 18.5 Å². The van der Waals surface area contributed by atoms with E-state index in [1.165, 1.54) is 0 Å². The Balaban J connectivity index is 1.99. The van der Waals surface area contributed by atoms with Gasteiger partial charge >= 0.3 is 0 Å². The van der Waals surface area contributed by atoms with Crippen LogP contribution in [0.25, 0.3) is 0 Å². The van der Waals surface area contributed by atoms with Gasteiger partial charge in [-0.1, -0.05) is 0 Å². The van der Waals surface area contributed by atoms with Crippen LogP contribution in [0.3, 0.4) is 0 Å². The molecule has 1 aliphatic carbocycles. The number of carbonyl (C=O) groups excluding carboxylic acids is 2. The Labute approximate surface area is 106 Å². The zero-order valence-corrected chi connectivity index (χ0v) is 10.3. The van der Waals surface area contributed by atoms with Crippen LogP contribution in [-0.2, 0) is 4.79 Å². The third-order valence-corrected chi connectivity index (χ3v) is 3.50. The highest BCUT2D eigenvalue weighted by Crippen LogP contribution is 2.36. The molecule has 0 saturated heterocycles. The van der Waals surface area contributed by atoms with E-state index in [2.05, 4.69) is 0 Å². The molecule has 0 bridgehead atoms. The van der Waals surface area contributed by atoms with E-state index in [-0.39, 0.29) is 17.6 Å². The van der Waals surface area contributed by atoms with Crippen LogP contribution in [0.5, 0.6) is 5.75 Å². The van der Waals surface area contributed by atoms with Crippen LogP contribution >= 0.6 is 0 Å². The number of amides is 1. The van der Waals surface area contributed by atoms with Crippen LogP contribution in [-0.4, -0.2) is 25.3 Å². The molecule has 1 aromatic rings. The van der Waals surface area contributed by atoms with Gasteiger partial charge in [-0.25, -0.2) is 0 Å². The first-order valence-electron chi connectivity index (χ1n) is 6.24.